The van der Waals surface area contributed by atoms with E-state index in [1.807, 2.05) is 6.92 Å². The second kappa shape index (κ2) is 10.4. The highest BCUT2D eigenvalue weighted by Crippen LogP contribution is 2.23. The van der Waals surface area contributed by atoms with Gasteiger partial charge in [0.1, 0.15) is 6.61 Å². The van der Waals surface area contributed by atoms with Crippen molar-refractivity contribution in [3.63, 3.8) is 0 Å². The van der Waals surface area contributed by atoms with Crippen molar-refractivity contribution in [3.8, 4) is 0 Å². The second-order valence-electron chi connectivity index (χ2n) is 5.36. The summed E-state index contributed by atoms with van der Waals surface area (Å²) in [5.74, 6) is -3.61. The minimum atomic E-state index is -4.07. The molecule has 20 heavy (non-hydrogen) atoms. The monoisotopic (exact) mass is 301 g/mol. The molecule has 122 valence electrons. The summed E-state index contributed by atoms with van der Waals surface area (Å²) in [6, 6.07) is -0.0648. The van der Waals surface area contributed by atoms with Gasteiger partial charge in [0.15, 0.2) is 0 Å². The fraction of sp³-hybridized carbons (Fsp3) is 1.00. The molecule has 2 atom stereocenters. The number of hydrogen-bond acceptors (Lipinski definition) is 2. The van der Waals surface area contributed by atoms with Crippen LogP contribution in [0.4, 0.5) is 17.6 Å². The van der Waals surface area contributed by atoms with Gasteiger partial charge in [-0.1, -0.05) is 33.6 Å². The van der Waals surface area contributed by atoms with E-state index in [1.54, 1.807) is 0 Å². The van der Waals surface area contributed by atoms with Crippen LogP contribution in [0.3, 0.4) is 0 Å². The van der Waals surface area contributed by atoms with E-state index in [0.29, 0.717) is 5.92 Å². The maximum absolute atomic E-state index is 12.7. The Bertz CT molecular complexity index is 239. The zero-order valence-electron chi connectivity index (χ0n) is 12.6. The Morgan fingerprint density at radius 2 is 1.80 bits per heavy atom. The molecule has 0 spiro atoms. The predicted octanol–water partition coefficient (Wildman–Crippen LogP) is 4.10. The van der Waals surface area contributed by atoms with Crippen LogP contribution in [0, 0.1) is 5.92 Å². The van der Waals surface area contributed by atoms with Gasteiger partial charge < -0.3 is 10.1 Å². The molecule has 0 fully saturated rings. The van der Waals surface area contributed by atoms with E-state index in [2.05, 4.69) is 19.2 Å². The molecule has 2 unspecified atom stereocenters. The lowest BCUT2D eigenvalue weighted by Crippen LogP contribution is -2.39. The van der Waals surface area contributed by atoms with Crippen LogP contribution in [0.1, 0.15) is 46.5 Å². The molecule has 6 heteroatoms. The highest BCUT2D eigenvalue weighted by molar-refractivity contribution is 4.72. The molecule has 0 saturated heterocycles. The second-order valence-corrected chi connectivity index (χ2v) is 5.36. The summed E-state index contributed by atoms with van der Waals surface area (Å²) in [6.45, 7) is 5.76. The lowest BCUT2D eigenvalue weighted by atomic mass is 9.97. The van der Waals surface area contributed by atoms with Gasteiger partial charge in [-0.15, -0.1) is 0 Å². The van der Waals surface area contributed by atoms with Crippen molar-refractivity contribution in [2.75, 3.05) is 19.8 Å². The van der Waals surface area contributed by atoms with E-state index in [1.165, 1.54) is 0 Å². The van der Waals surface area contributed by atoms with Gasteiger partial charge in [0, 0.05) is 6.04 Å². The Morgan fingerprint density at radius 3 is 2.30 bits per heavy atom. The number of halogens is 4. The first-order valence-electron chi connectivity index (χ1n) is 7.30. The maximum atomic E-state index is 12.7. The molecule has 0 aromatic heterocycles. The molecule has 0 radical (unpaired) electrons. The number of nitrogens with one attached hydrogen (secondary N) is 1. The quantitative estimate of drug-likeness (QED) is 0.548. The van der Waals surface area contributed by atoms with Crippen LogP contribution >= 0.6 is 0 Å². The van der Waals surface area contributed by atoms with Gasteiger partial charge in [-0.25, -0.2) is 8.78 Å². The van der Waals surface area contributed by atoms with Crippen LogP contribution in [0.25, 0.3) is 0 Å². The Morgan fingerprint density at radius 1 is 1.15 bits per heavy atom. The van der Waals surface area contributed by atoms with Gasteiger partial charge >= 0.3 is 12.3 Å². The zero-order chi connectivity index (χ0) is 15.6. The predicted molar refractivity (Wildman–Crippen MR) is 72.5 cm³/mol. The normalized spacial score (nSPS) is 15.6. The van der Waals surface area contributed by atoms with E-state index >= 15 is 0 Å². The topological polar surface area (TPSA) is 21.3 Å². The van der Waals surface area contributed by atoms with Crippen molar-refractivity contribution in [2.24, 2.45) is 5.92 Å². The molecule has 0 amide bonds. The van der Waals surface area contributed by atoms with Crippen molar-refractivity contribution in [2.45, 2.75) is 64.8 Å². The lowest BCUT2D eigenvalue weighted by molar-refractivity contribution is -0.167. The summed E-state index contributed by atoms with van der Waals surface area (Å²) in [5, 5.41) is 3.22. The van der Waals surface area contributed by atoms with Crippen LogP contribution in [0.15, 0.2) is 0 Å². The van der Waals surface area contributed by atoms with E-state index in [9.17, 15) is 17.6 Å². The first-order chi connectivity index (χ1) is 9.33. The summed E-state index contributed by atoms with van der Waals surface area (Å²) >= 11 is 0. The summed E-state index contributed by atoms with van der Waals surface area (Å²) in [4.78, 5) is 0. The third kappa shape index (κ3) is 8.74. The Labute approximate surface area is 119 Å². The largest absolute Gasteiger partial charge is 0.373 e. The van der Waals surface area contributed by atoms with Crippen LogP contribution in [-0.2, 0) is 4.74 Å². The molecule has 0 bridgehead atoms. The molecular weight excluding hydrogens is 274 g/mol. The standard InChI is InChI=1S/C14H27F4NO/c1-4-6-11(3)8-12(19-7-5-2)9-20-10-14(17,18)13(15)16/h11-13,19H,4-10H2,1-3H3. The molecule has 0 aliphatic rings. The molecule has 0 aromatic carbocycles. The van der Waals surface area contributed by atoms with Crippen molar-refractivity contribution in [1.82, 2.24) is 5.32 Å². The molecule has 0 aliphatic carbocycles. The Balaban J connectivity index is 4.15. The molecule has 1 N–H and O–H groups in total. The van der Waals surface area contributed by atoms with Gasteiger partial charge in [-0.3, -0.25) is 0 Å². The minimum absolute atomic E-state index is 0.0381. The molecule has 0 aliphatic heterocycles. The Kier molecular flexibility index (Phi) is 10.2. The number of rotatable bonds is 12. The summed E-state index contributed by atoms with van der Waals surface area (Å²) in [5.41, 5.74) is 0. The molecule has 0 rings (SSSR count). The van der Waals surface area contributed by atoms with Gasteiger partial charge in [-0.2, -0.15) is 8.78 Å². The van der Waals surface area contributed by atoms with Gasteiger partial charge in [0.25, 0.3) is 0 Å². The summed E-state index contributed by atoms with van der Waals surface area (Å²) in [6.07, 6.45) is 0.159. The third-order valence-electron chi connectivity index (χ3n) is 3.08. The molecular formula is C14H27F4NO. The van der Waals surface area contributed by atoms with Crippen molar-refractivity contribution >= 4 is 0 Å². The van der Waals surface area contributed by atoms with Crippen molar-refractivity contribution in [1.29, 1.82) is 0 Å². The smallest absolute Gasteiger partial charge is 0.330 e. The highest BCUT2D eigenvalue weighted by Gasteiger charge is 2.41. The number of alkyl halides is 4. The van der Waals surface area contributed by atoms with E-state index in [4.69, 9.17) is 4.74 Å². The van der Waals surface area contributed by atoms with Crippen molar-refractivity contribution < 1.29 is 22.3 Å². The van der Waals surface area contributed by atoms with Gasteiger partial charge in [0.2, 0.25) is 0 Å². The minimum Gasteiger partial charge on any atom is -0.373 e. The van der Waals surface area contributed by atoms with Crippen LogP contribution in [0.2, 0.25) is 0 Å². The average Bonchev–Trinajstić information content (AvgIpc) is 2.35. The number of hydrogen-bond donors (Lipinski definition) is 1. The Hall–Kier alpha value is -0.360. The lowest BCUT2D eigenvalue weighted by Gasteiger charge is -2.23. The molecule has 0 aromatic rings. The molecule has 0 saturated carbocycles. The fourth-order valence-electron chi connectivity index (χ4n) is 2.06. The SMILES string of the molecule is CCCNC(COCC(F)(F)C(F)F)CC(C)CCC. The summed E-state index contributed by atoms with van der Waals surface area (Å²) in [7, 11) is 0. The van der Waals surface area contributed by atoms with Crippen LogP contribution in [0.5, 0.6) is 0 Å². The van der Waals surface area contributed by atoms with Crippen LogP contribution < -0.4 is 5.32 Å². The third-order valence-corrected chi connectivity index (χ3v) is 3.08. The molecule has 0 heterocycles. The zero-order valence-corrected chi connectivity index (χ0v) is 12.6. The van der Waals surface area contributed by atoms with E-state index in [-0.39, 0.29) is 12.6 Å². The van der Waals surface area contributed by atoms with E-state index in [0.717, 1.165) is 32.2 Å². The molecule has 2 nitrogen and oxygen atoms in total. The van der Waals surface area contributed by atoms with Gasteiger partial charge in [0.05, 0.1) is 6.61 Å². The highest BCUT2D eigenvalue weighted by atomic mass is 19.3. The van der Waals surface area contributed by atoms with Crippen molar-refractivity contribution in [3.05, 3.63) is 0 Å². The average molecular weight is 301 g/mol. The van der Waals surface area contributed by atoms with Crippen LogP contribution in [-0.4, -0.2) is 38.1 Å². The first kappa shape index (κ1) is 19.6. The first-order valence-corrected chi connectivity index (χ1v) is 7.30. The van der Waals surface area contributed by atoms with Gasteiger partial charge in [-0.05, 0) is 25.3 Å². The fourth-order valence-corrected chi connectivity index (χ4v) is 2.06. The maximum Gasteiger partial charge on any atom is 0.330 e. The number of ether oxygens (including phenoxy) is 1. The summed E-state index contributed by atoms with van der Waals surface area (Å²) < 4.78 is 54.3. The van der Waals surface area contributed by atoms with E-state index < -0.39 is 19.0 Å².